The Morgan fingerprint density at radius 3 is 2.31 bits per heavy atom. The molecule has 0 aromatic rings. The highest BCUT2D eigenvalue weighted by atomic mass is 35.5. The predicted octanol–water partition coefficient (Wildman–Crippen LogP) is 1.58. The fraction of sp³-hybridized carbons (Fsp3) is 0.444. The average molecular weight is 222 g/mol. The molecule has 1 heterocycles. The molecule has 2 nitrogen and oxygen atoms in total. The second-order valence-corrected chi connectivity index (χ2v) is 5.25. The SMILES string of the molecule is CN(C)CC(C=O)[SH]1C=CC=C1.Cl. The Bertz CT molecular complexity index is 204. The van der Waals surface area contributed by atoms with E-state index in [1.807, 2.05) is 26.2 Å². The third kappa shape index (κ3) is 3.98. The van der Waals surface area contributed by atoms with Crippen LogP contribution in [0.5, 0.6) is 0 Å². The molecule has 0 N–H and O–H groups in total. The van der Waals surface area contributed by atoms with Crippen LogP contribution in [0.15, 0.2) is 23.0 Å². The molecule has 0 spiro atoms. The van der Waals surface area contributed by atoms with Crippen molar-refractivity contribution in [3.8, 4) is 0 Å². The van der Waals surface area contributed by atoms with E-state index in [-0.39, 0.29) is 28.6 Å². The maximum absolute atomic E-state index is 10.7. The summed E-state index contributed by atoms with van der Waals surface area (Å²) in [5.41, 5.74) is 0. The van der Waals surface area contributed by atoms with E-state index in [1.54, 1.807) is 0 Å². The molecule has 1 atom stereocenters. The zero-order valence-electron chi connectivity index (χ0n) is 7.88. The molecule has 1 aliphatic heterocycles. The lowest BCUT2D eigenvalue weighted by molar-refractivity contribution is -0.107. The summed E-state index contributed by atoms with van der Waals surface area (Å²) in [6, 6.07) is 0. The van der Waals surface area contributed by atoms with Crippen molar-refractivity contribution in [2.45, 2.75) is 5.25 Å². The average Bonchev–Trinajstić information content (AvgIpc) is 2.51. The molecule has 1 rings (SSSR count). The zero-order valence-corrected chi connectivity index (χ0v) is 9.59. The molecule has 0 aliphatic carbocycles. The Balaban J connectivity index is 0.00000144. The third-order valence-corrected chi connectivity index (χ3v) is 3.80. The van der Waals surface area contributed by atoms with Crippen LogP contribution in [-0.2, 0) is 4.79 Å². The van der Waals surface area contributed by atoms with E-state index in [1.165, 1.54) is 0 Å². The lowest BCUT2D eigenvalue weighted by Gasteiger charge is -2.21. The molecule has 0 saturated carbocycles. The van der Waals surface area contributed by atoms with Gasteiger partial charge in [0.2, 0.25) is 0 Å². The van der Waals surface area contributed by atoms with Crippen molar-refractivity contribution in [1.29, 1.82) is 0 Å². The first-order valence-corrected chi connectivity index (χ1v) is 5.51. The Morgan fingerprint density at radius 1 is 1.38 bits per heavy atom. The standard InChI is InChI=1S/C9H15NOS.ClH/c1-10(2)7-9(8-11)12-5-3-4-6-12;/h3-6,8-9,12H,7H2,1-2H3;1H. The van der Waals surface area contributed by atoms with Gasteiger partial charge in [-0.3, -0.25) is 0 Å². The molecule has 0 amide bonds. The fourth-order valence-electron chi connectivity index (χ4n) is 1.15. The Labute approximate surface area is 88.4 Å². The number of allylic oxidation sites excluding steroid dienone is 2. The van der Waals surface area contributed by atoms with E-state index < -0.39 is 0 Å². The second-order valence-electron chi connectivity index (χ2n) is 3.10. The van der Waals surface area contributed by atoms with Crippen molar-refractivity contribution >= 4 is 29.6 Å². The van der Waals surface area contributed by atoms with E-state index in [0.717, 1.165) is 12.8 Å². The lowest BCUT2D eigenvalue weighted by atomic mass is 10.4. The Morgan fingerprint density at radius 2 is 1.92 bits per heavy atom. The van der Waals surface area contributed by atoms with Crippen LogP contribution in [0.25, 0.3) is 0 Å². The van der Waals surface area contributed by atoms with Crippen molar-refractivity contribution in [2.24, 2.45) is 0 Å². The van der Waals surface area contributed by atoms with Gasteiger partial charge in [0.15, 0.2) is 0 Å². The molecule has 0 aromatic heterocycles. The second kappa shape index (κ2) is 6.24. The summed E-state index contributed by atoms with van der Waals surface area (Å²) >= 11 is 0. The van der Waals surface area contributed by atoms with Gasteiger partial charge in [-0.05, 0) is 24.9 Å². The van der Waals surface area contributed by atoms with Crippen molar-refractivity contribution in [3.05, 3.63) is 23.0 Å². The smallest absolute Gasteiger partial charge is 0.133 e. The number of hydrogen-bond donors (Lipinski definition) is 1. The van der Waals surface area contributed by atoms with Crippen LogP contribution in [0, 0.1) is 0 Å². The summed E-state index contributed by atoms with van der Waals surface area (Å²) < 4.78 is 0. The van der Waals surface area contributed by atoms with Gasteiger partial charge in [0, 0.05) is 6.54 Å². The Kier molecular flexibility index (Phi) is 6.12. The van der Waals surface area contributed by atoms with Crippen molar-refractivity contribution in [3.63, 3.8) is 0 Å². The summed E-state index contributed by atoms with van der Waals surface area (Å²) in [6.45, 7) is 0.851. The number of hydrogen-bond acceptors (Lipinski definition) is 2. The minimum atomic E-state index is -0.312. The van der Waals surface area contributed by atoms with Crippen LogP contribution < -0.4 is 0 Å². The number of carbonyl (C=O) groups excluding carboxylic acids is 1. The van der Waals surface area contributed by atoms with E-state index in [4.69, 9.17) is 0 Å². The summed E-state index contributed by atoms with van der Waals surface area (Å²) in [5, 5.41) is 4.44. The molecule has 4 heteroatoms. The number of nitrogens with zero attached hydrogens (tertiary/aromatic N) is 1. The summed E-state index contributed by atoms with van der Waals surface area (Å²) in [7, 11) is 3.68. The van der Waals surface area contributed by atoms with Crippen LogP contribution in [0.1, 0.15) is 0 Å². The van der Waals surface area contributed by atoms with Crippen LogP contribution in [0.4, 0.5) is 0 Å². The molecule has 0 aromatic carbocycles. The van der Waals surface area contributed by atoms with Crippen molar-refractivity contribution < 1.29 is 4.79 Å². The molecule has 1 unspecified atom stereocenters. The highest BCUT2D eigenvalue weighted by Crippen LogP contribution is 2.37. The van der Waals surface area contributed by atoms with E-state index >= 15 is 0 Å². The van der Waals surface area contributed by atoms with Gasteiger partial charge < -0.3 is 9.69 Å². The minimum Gasteiger partial charge on any atom is -0.308 e. The zero-order chi connectivity index (χ0) is 8.97. The van der Waals surface area contributed by atoms with E-state index in [0.29, 0.717) is 0 Å². The molecular weight excluding hydrogens is 206 g/mol. The summed E-state index contributed by atoms with van der Waals surface area (Å²) in [6.07, 6.45) is 5.13. The van der Waals surface area contributed by atoms with Gasteiger partial charge in [-0.1, -0.05) is 12.2 Å². The van der Waals surface area contributed by atoms with Gasteiger partial charge in [-0.15, -0.1) is 12.4 Å². The number of thiol groups is 1. The highest BCUT2D eigenvalue weighted by Gasteiger charge is 2.14. The number of halogens is 1. The maximum Gasteiger partial charge on any atom is 0.133 e. The van der Waals surface area contributed by atoms with Gasteiger partial charge in [-0.2, -0.15) is 0 Å². The molecular formula is C9H16ClNOS. The number of rotatable bonds is 4. The monoisotopic (exact) mass is 221 g/mol. The molecule has 0 fully saturated rings. The van der Waals surface area contributed by atoms with Crippen LogP contribution in [0.3, 0.4) is 0 Å². The van der Waals surface area contributed by atoms with Crippen LogP contribution >= 0.6 is 23.3 Å². The van der Waals surface area contributed by atoms with Crippen LogP contribution in [0.2, 0.25) is 0 Å². The lowest BCUT2D eigenvalue weighted by Crippen LogP contribution is -2.26. The first kappa shape index (κ1) is 12.8. The normalized spacial score (nSPS) is 18.8. The van der Waals surface area contributed by atoms with Crippen LogP contribution in [-0.4, -0.2) is 37.1 Å². The van der Waals surface area contributed by atoms with E-state index in [9.17, 15) is 4.79 Å². The van der Waals surface area contributed by atoms with E-state index in [2.05, 4.69) is 15.7 Å². The van der Waals surface area contributed by atoms with Gasteiger partial charge >= 0.3 is 0 Å². The molecule has 76 valence electrons. The number of aldehydes is 1. The summed E-state index contributed by atoms with van der Waals surface area (Å²) in [4.78, 5) is 12.8. The maximum atomic E-state index is 10.7. The topological polar surface area (TPSA) is 20.3 Å². The molecule has 1 aliphatic rings. The molecule has 13 heavy (non-hydrogen) atoms. The quantitative estimate of drug-likeness (QED) is 0.575. The van der Waals surface area contributed by atoms with Gasteiger partial charge in [0.05, 0.1) is 5.25 Å². The van der Waals surface area contributed by atoms with Crippen molar-refractivity contribution in [2.75, 3.05) is 20.6 Å². The fourth-order valence-corrected chi connectivity index (χ4v) is 2.94. The van der Waals surface area contributed by atoms with Gasteiger partial charge in [0.25, 0.3) is 0 Å². The molecule has 0 saturated heterocycles. The largest absolute Gasteiger partial charge is 0.308 e. The summed E-state index contributed by atoms with van der Waals surface area (Å²) in [5.74, 6) is 0. The van der Waals surface area contributed by atoms with Gasteiger partial charge in [-0.25, -0.2) is 10.9 Å². The highest BCUT2D eigenvalue weighted by molar-refractivity contribution is 8.23. The minimum absolute atomic E-state index is 0. The first-order chi connectivity index (χ1) is 5.74. The predicted molar refractivity (Wildman–Crippen MR) is 62.9 cm³/mol. The number of carbonyl (C=O) groups is 1. The molecule has 0 bridgehead atoms. The third-order valence-electron chi connectivity index (χ3n) is 1.72. The van der Waals surface area contributed by atoms with Gasteiger partial charge in [0.1, 0.15) is 6.29 Å². The first-order valence-electron chi connectivity index (χ1n) is 3.96. The Hall–Kier alpha value is -0.250. The van der Waals surface area contributed by atoms with Crippen molar-refractivity contribution in [1.82, 2.24) is 4.90 Å². The molecule has 0 radical (unpaired) electrons.